The largest absolute Gasteiger partial charge is 0.494 e. The quantitative estimate of drug-likeness (QED) is 0.457. The molecular weight excluding hydrogens is 303 g/mol. The Morgan fingerprint density at radius 1 is 1.12 bits per heavy atom. The van der Waals surface area contributed by atoms with Crippen LogP contribution in [0.4, 0.5) is 0 Å². The Hall–Kier alpha value is -1.59. The second-order valence-corrected chi connectivity index (χ2v) is 7.02. The van der Waals surface area contributed by atoms with E-state index in [1.165, 1.54) is 11.6 Å². The Morgan fingerprint density at radius 3 is 2.25 bits per heavy atom. The number of aryl methyl sites for hydroxylation is 1. The Balaban J connectivity index is 1.89. The van der Waals surface area contributed by atoms with E-state index in [0.717, 1.165) is 18.3 Å². The van der Waals surface area contributed by atoms with Crippen LogP contribution < -0.4 is 5.46 Å². The third kappa shape index (κ3) is 4.49. The number of allylic oxidation sites excluding steroid dienone is 1. The standard InChI is InChI=1S/C19H27BO4/c1-6-22-17(21)10-8-7-9-15-11-13-16(14-12-15)20-23-18(2,3)19(4,5)24-20/h8,10-14H,6-7,9H2,1-5H3/b10-8+. The summed E-state index contributed by atoms with van der Waals surface area (Å²) in [6.07, 6.45) is 5.01. The number of esters is 1. The van der Waals surface area contributed by atoms with Crippen LogP contribution in [-0.2, 0) is 25.3 Å². The second kappa shape index (κ2) is 7.54. The molecule has 0 aromatic heterocycles. The Kier molecular flexibility index (Phi) is 5.89. The number of carbonyl (C=O) groups excluding carboxylic acids is 1. The first kappa shape index (κ1) is 18.7. The van der Waals surface area contributed by atoms with Gasteiger partial charge in [-0.3, -0.25) is 0 Å². The van der Waals surface area contributed by atoms with Gasteiger partial charge >= 0.3 is 13.1 Å². The van der Waals surface area contributed by atoms with Crippen LogP contribution in [0.3, 0.4) is 0 Å². The molecule has 1 aromatic rings. The number of hydrogen-bond acceptors (Lipinski definition) is 4. The lowest BCUT2D eigenvalue weighted by atomic mass is 9.78. The summed E-state index contributed by atoms with van der Waals surface area (Å²) < 4.78 is 17.0. The zero-order chi connectivity index (χ0) is 17.8. The first-order chi connectivity index (χ1) is 11.2. The van der Waals surface area contributed by atoms with Crippen molar-refractivity contribution in [1.29, 1.82) is 0 Å². The normalized spacial score (nSPS) is 19.0. The van der Waals surface area contributed by atoms with Gasteiger partial charge in [0.2, 0.25) is 0 Å². The monoisotopic (exact) mass is 330 g/mol. The van der Waals surface area contributed by atoms with Gasteiger partial charge < -0.3 is 14.0 Å². The molecule has 1 saturated heterocycles. The number of benzene rings is 1. The molecule has 24 heavy (non-hydrogen) atoms. The summed E-state index contributed by atoms with van der Waals surface area (Å²) in [5, 5.41) is 0. The lowest BCUT2D eigenvalue weighted by Crippen LogP contribution is -2.41. The predicted octanol–water partition coefficient (Wildman–Crippen LogP) is 3.04. The van der Waals surface area contributed by atoms with Crippen LogP contribution in [0.15, 0.2) is 36.4 Å². The van der Waals surface area contributed by atoms with Crippen LogP contribution in [-0.4, -0.2) is 30.9 Å². The van der Waals surface area contributed by atoms with Gasteiger partial charge in [-0.1, -0.05) is 30.3 Å². The molecule has 0 saturated carbocycles. The molecule has 0 amide bonds. The summed E-state index contributed by atoms with van der Waals surface area (Å²) in [4.78, 5) is 11.2. The highest BCUT2D eigenvalue weighted by atomic mass is 16.7. The predicted molar refractivity (Wildman–Crippen MR) is 96.3 cm³/mol. The van der Waals surface area contributed by atoms with Gasteiger partial charge in [0, 0.05) is 6.08 Å². The van der Waals surface area contributed by atoms with Gasteiger partial charge in [0.25, 0.3) is 0 Å². The highest BCUT2D eigenvalue weighted by molar-refractivity contribution is 6.62. The minimum absolute atomic E-state index is 0.284. The minimum Gasteiger partial charge on any atom is -0.463 e. The molecule has 5 heteroatoms. The van der Waals surface area contributed by atoms with E-state index in [-0.39, 0.29) is 24.3 Å². The van der Waals surface area contributed by atoms with Gasteiger partial charge in [-0.15, -0.1) is 0 Å². The van der Waals surface area contributed by atoms with Gasteiger partial charge in [0.15, 0.2) is 0 Å². The zero-order valence-corrected chi connectivity index (χ0v) is 15.3. The van der Waals surface area contributed by atoms with E-state index >= 15 is 0 Å². The van der Waals surface area contributed by atoms with Crippen molar-refractivity contribution in [2.24, 2.45) is 0 Å². The van der Waals surface area contributed by atoms with Crippen LogP contribution in [0, 0.1) is 0 Å². The van der Waals surface area contributed by atoms with Crippen molar-refractivity contribution in [3.8, 4) is 0 Å². The molecule has 2 rings (SSSR count). The second-order valence-electron chi connectivity index (χ2n) is 7.02. The first-order valence-electron chi connectivity index (χ1n) is 8.53. The highest BCUT2D eigenvalue weighted by Crippen LogP contribution is 2.36. The highest BCUT2D eigenvalue weighted by Gasteiger charge is 2.51. The molecule has 130 valence electrons. The van der Waals surface area contributed by atoms with Gasteiger partial charge in [-0.2, -0.15) is 0 Å². The molecule has 1 fully saturated rings. The molecular formula is C19H27BO4. The molecule has 1 aromatic carbocycles. The topological polar surface area (TPSA) is 44.8 Å². The summed E-state index contributed by atoms with van der Waals surface area (Å²) in [5.41, 5.74) is 1.59. The van der Waals surface area contributed by atoms with E-state index in [1.807, 2.05) is 18.2 Å². The van der Waals surface area contributed by atoms with Crippen molar-refractivity contribution in [2.75, 3.05) is 6.61 Å². The summed E-state index contributed by atoms with van der Waals surface area (Å²) in [6, 6.07) is 8.26. The van der Waals surface area contributed by atoms with Crippen molar-refractivity contribution in [2.45, 2.75) is 58.7 Å². The van der Waals surface area contributed by atoms with Gasteiger partial charge in [-0.05, 0) is 58.5 Å². The first-order valence-corrected chi connectivity index (χ1v) is 8.53. The Bertz CT molecular complexity index is 574. The fraction of sp³-hybridized carbons (Fsp3) is 0.526. The molecule has 1 heterocycles. The van der Waals surface area contributed by atoms with Crippen molar-refractivity contribution >= 4 is 18.6 Å². The van der Waals surface area contributed by atoms with Crippen LogP contribution in [0.1, 0.15) is 46.6 Å². The van der Waals surface area contributed by atoms with E-state index in [9.17, 15) is 4.79 Å². The molecule has 0 bridgehead atoms. The number of hydrogen-bond donors (Lipinski definition) is 0. The summed E-state index contributed by atoms with van der Waals surface area (Å²) in [7, 11) is -0.326. The molecule has 0 N–H and O–H groups in total. The molecule has 0 radical (unpaired) electrons. The summed E-state index contributed by atoms with van der Waals surface area (Å²) in [6.45, 7) is 10.4. The van der Waals surface area contributed by atoms with Crippen LogP contribution in [0.2, 0.25) is 0 Å². The fourth-order valence-corrected chi connectivity index (χ4v) is 2.44. The molecule has 1 aliphatic heterocycles. The summed E-state index contributed by atoms with van der Waals surface area (Å²) >= 11 is 0. The number of carbonyl (C=O) groups is 1. The smallest absolute Gasteiger partial charge is 0.463 e. The van der Waals surface area contributed by atoms with Crippen molar-refractivity contribution in [3.63, 3.8) is 0 Å². The third-order valence-electron chi connectivity index (χ3n) is 4.65. The van der Waals surface area contributed by atoms with Gasteiger partial charge in [-0.25, -0.2) is 4.79 Å². The molecule has 0 atom stereocenters. The number of ether oxygens (including phenoxy) is 1. The van der Waals surface area contributed by atoms with E-state index < -0.39 is 0 Å². The molecule has 0 aliphatic carbocycles. The third-order valence-corrected chi connectivity index (χ3v) is 4.65. The van der Waals surface area contributed by atoms with E-state index in [0.29, 0.717) is 6.61 Å². The lowest BCUT2D eigenvalue weighted by Gasteiger charge is -2.32. The van der Waals surface area contributed by atoms with Crippen molar-refractivity contribution in [1.82, 2.24) is 0 Å². The maximum absolute atomic E-state index is 11.2. The lowest BCUT2D eigenvalue weighted by molar-refractivity contribution is -0.137. The molecule has 0 spiro atoms. The van der Waals surface area contributed by atoms with Gasteiger partial charge in [0.1, 0.15) is 0 Å². The average molecular weight is 330 g/mol. The van der Waals surface area contributed by atoms with Crippen molar-refractivity contribution in [3.05, 3.63) is 42.0 Å². The fourth-order valence-electron chi connectivity index (χ4n) is 2.44. The average Bonchev–Trinajstić information content (AvgIpc) is 2.73. The SMILES string of the molecule is CCOC(=O)/C=C/CCc1ccc(B2OC(C)(C)C(C)(C)O2)cc1. The maximum Gasteiger partial charge on any atom is 0.494 e. The van der Waals surface area contributed by atoms with Gasteiger partial charge in [0.05, 0.1) is 17.8 Å². The zero-order valence-electron chi connectivity index (χ0n) is 15.3. The van der Waals surface area contributed by atoms with Crippen LogP contribution in [0.5, 0.6) is 0 Å². The van der Waals surface area contributed by atoms with Crippen LogP contribution >= 0.6 is 0 Å². The number of rotatable bonds is 6. The molecule has 0 unspecified atom stereocenters. The Morgan fingerprint density at radius 2 is 1.71 bits per heavy atom. The van der Waals surface area contributed by atoms with E-state index in [4.69, 9.17) is 14.0 Å². The van der Waals surface area contributed by atoms with Crippen molar-refractivity contribution < 1.29 is 18.8 Å². The minimum atomic E-state index is -0.326. The van der Waals surface area contributed by atoms with E-state index in [1.54, 1.807) is 6.92 Å². The van der Waals surface area contributed by atoms with Crippen LogP contribution in [0.25, 0.3) is 0 Å². The van der Waals surface area contributed by atoms with E-state index in [2.05, 4.69) is 39.8 Å². The summed E-state index contributed by atoms with van der Waals surface area (Å²) in [5.74, 6) is -0.284. The maximum atomic E-state index is 11.2. The Labute approximate surface area is 145 Å². The molecule has 1 aliphatic rings. The molecule has 4 nitrogen and oxygen atoms in total.